The van der Waals surface area contributed by atoms with Gasteiger partial charge < -0.3 is 15.0 Å². The van der Waals surface area contributed by atoms with Crippen molar-refractivity contribution in [2.75, 3.05) is 0 Å². The topological polar surface area (TPSA) is 38.7 Å². The molecule has 0 aliphatic heterocycles. The van der Waals surface area contributed by atoms with Crippen molar-refractivity contribution in [2.24, 2.45) is 0 Å². The van der Waals surface area contributed by atoms with E-state index in [0.29, 0.717) is 0 Å². The first-order valence-electron chi connectivity index (χ1n) is 23.0. The van der Waals surface area contributed by atoms with Crippen LogP contribution in [0.1, 0.15) is 11.1 Å². The molecule has 0 radical (unpaired) electrons. The largest absolute Gasteiger partial charge is 3.00 e. The molecule has 0 unspecified atom stereocenters. The Morgan fingerprint density at radius 3 is 1.30 bits per heavy atom. The van der Waals surface area contributed by atoms with Crippen molar-refractivity contribution in [3.63, 3.8) is 0 Å². The Morgan fingerprint density at radius 2 is 0.739 bits per heavy atom. The van der Waals surface area contributed by atoms with E-state index >= 15 is 0 Å². The number of nitrogens with zero attached hydrogens (tertiary/aromatic N) is 3. The second-order valence-corrected chi connectivity index (χ2v) is 16.9. The summed E-state index contributed by atoms with van der Waals surface area (Å²) in [5.41, 5.74) is 21.5. The van der Waals surface area contributed by atoms with Gasteiger partial charge in [0.25, 0.3) is 0 Å². The van der Waals surface area contributed by atoms with Crippen molar-refractivity contribution < 1.29 is 20.1 Å². The number of hydrogen-bond donors (Lipinski definition) is 0. The van der Waals surface area contributed by atoms with Crippen molar-refractivity contribution in [3.05, 3.63) is 272 Å². The number of aryl methyl sites for hydroxylation is 2. The zero-order chi connectivity index (χ0) is 45.5. The maximum Gasteiger partial charge on any atom is 3.00 e. The van der Waals surface area contributed by atoms with Gasteiger partial charge in [-0.3, -0.25) is 0 Å². The summed E-state index contributed by atoms with van der Waals surface area (Å²) in [5.74, 6) is 0. The van der Waals surface area contributed by atoms with Crippen molar-refractivity contribution in [1.29, 1.82) is 0 Å². The van der Waals surface area contributed by atoms with Crippen LogP contribution in [0.3, 0.4) is 0 Å². The molecule has 328 valence electrons. The molecular formula is C65H44IrN3. The third-order valence-electron chi connectivity index (χ3n) is 12.5. The Bertz CT molecular complexity index is 3450. The van der Waals surface area contributed by atoms with Gasteiger partial charge >= 0.3 is 20.1 Å². The number of aromatic nitrogens is 3. The Labute approximate surface area is 418 Å². The van der Waals surface area contributed by atoms with E-state index in [1.807, 2.05) is 85.3 Å². The quantitative estimate of drug-likeness (QED) is 0.114. The molecule has 3 nitrogen and oxygen atoms in total. The second kappa shape index (κ2) is 20.8. The molecule has 3 aromatic heterocycles. The molecule has 0 atom stereocenters. The third kappa shape index (κ3) is 9.96. The maximum absolute atomic E-state index is 5.11. The van der Waals surface area contributed by atoms with E-state index in [2.05, 4.69) is 176 Å². The molecule has 0 spiro atoms. The van der Waals surface area contributed by atoms with E-state index < -0.39 is 0 Å². The summed E-state index contributed by atoms with van der Waals surface area (Å²) in [4.78, 5) is 14.9. The molecule has 0 N–H and O–H groups in total. The summed E-state index contributed by atoms with van der Waals surface area (Å²) in [6, 6.07) is 88.8. The number of rotatable bonds is 12. The van der Waals surface area contributed by atoms with Crippen LogP contribution in [0.2, 0.25) is 0 Å². The Balaban J connectivity index is 0.00000553. The van der Waals surface area contributed by atoms with Crippen LogP contribution in [-0.2, 0) is 32.9 Å². The molecule has 69 heavy (non-hydrogen) atoms. The van der Waals surface area contributed by atoms with Crippen molar-refractivity contribution >= 4 is 0 Å². The van der Waals surface area contributed by atoms with Gasteiger partial charge in [0.15, 0.2) is 0 Å². The average molecular weight is 1060 g/mol. The van der Waals surface area contributed by atoms with E-state index in [-0.39, 0.29) is 20.1 Å². The second-order valence-electron chi connectivity index (χ2n) is 16.9. The first-order valence-corrected chi connectivity index (χ1v) is 23.0. The van der Waals surface area contributed by atoms with Crippen LogP contribution < -0.4 is 0 Å². The molecule has 0 aliphatic carbocycles. The predicted octanol–water partition coefficient (Wildman–Crippen LogP) is 16.1. The van der Waals surface area contributed by atoms with Crippen LogP contribution in [0.15, 0.2) is 243 Å². The smallest absolute Gasteiger partial charge is 0.304 e. The Hall–Kier alpha value is -8.14. The van der Waals surface area contributed by atoms with Gasteiger partial charge in [-0.15, -0.1) is 108 Å². The molecule has 11 aromatic rings. The van der Waals surface area contributed by atoms with E-state index in [1.165, 1.54) is 22.3 Å². The Kier molecular flexibility index (Phi) is 13.5. The van der Waals surface area contributed by atoms with Gasteiger partial charge in [0.05, 0.1) is 0 Å². The van der Waals surface area contributed by atoms with Crippen molar-refractivity contribution in [2.45, 2.75) is 12.8 Å². The summed E-state index contributed by atoms with van der Waals surface area (Å²) in [5, 5.41) is 0. The molecule has 0 amide bonds. The van der Waals surface area contributed by atoms with E-state index in [0.717, 1.165) is 102 Å². The Morgan fingerprint density at radius 1 is 0.275 bits per heavy atom. The minimum atomic E-state index is 0. The summed E-state index contributed by atoms with van der Waals surface area (Å²) in [6.45, 7) is 0. The fourth-order valence-corrected chi connectivity index (χ4v) is 9.02. The summed E-state index contributed by atoms with van der Waals surface area (Å²) in [6.07, 6.45) is 7.70. The molecule has 3 heterocycles. The first-order chi connectivity index (χ1) is 33.7. The molecule has 0 fully saturated rings. The number of hydrogen-bond acceptors (Lipinski definition) is 3. The molecule has 11 rings (SSSR count). The van der Waals surface area contributed by atoms with Gasteiger partial charge in [0, 0.05) is 24.2 Å². The molecule has 4 heteroatoms. The third-order valence-corrected chi connectivity index (χ3v) is 12.5. The molecule has 0 aliphatic rings. The minimum absolute atomic E-state index is 0. The SMILES string of the molecule is [Ir+3].[c-]1ccccc1-c1ccc(CCc2cc(-c3ccccc3-c3ccc(-c4[c-]cccc4)nc3)cc(-c3ccccc3-c3cnc(-c4[c-]cccc4)cc3-c3ccc(-c4ccccc4)cc3)c2)cn1. The van der Waals surface area contributed by atoms with Gasteiger partial charge in [-0.05, 0) is 108 Å². The monoisotopic (exact) mass is 1060 g/mol. The minimum Gasteiger partial charge on any atom is -0.304 e. The van der Waals surface area contributed by atoms with Gasteiger partial charge in [-0.2, -0.15) is 0 Å². The molecular weight excluding hydrogens is 1010 g/mol. The fourth-order valence-electron chi connectivity index (χ4n) is 9.02. The van der Waals surface area contributed by atoms with Gasteiger partial charge in [-0.1, -0.05) is 146 Å². The average Bonchev–Trinajstić information content (AvgIpc) is 3.43. The summed E-state index contributed by atoms with van der Waals surface area (Å²) in [7, 11) is 0. The molecule has 0 saturated heterocycles. The zero-order valence-electron chi connectivity index (χ0n) is 37.7. The fraction of sp³-hybridized carbons (Fsp3) is 0.0308. The van der Waals surface area contributed by atoms with Crippen molar-refractivity contribution in [3.8, 4) is 101 Å². The van der Waals surface area contributed by atoms with E-state index in [9.17, 15) is 0 Å². The van der Waals surface area contributed by atoms with Crippen LogP contribution in [0.25, 0.3) is 101 Å². The number of pyridine rings is 3. The normalized spacial score (nSPS) is 10.9. The van der Waals surface area contributed by atoms with Crippen molar-refractivity contribution in [1.82, 2.24) is 15.0 Å². The van der Waals surface area contributed by atoms with Crippen LogP contribution in [-0.4, -0.2) is 15.0 Å². The van der Waals surface area contributed by atoms with Crippen LogP contribution in [0, 0.1) is 18.2 Å². The molecule has 8 aromatic carbocycles. The van der Waals surface area contributed by atoms with E-state index in [1.54, 1.807) is 0 Å². The van der Waals surface area contributed by atoms with Gasteiger partial charge in [0.1, 0.15) is 0 Å². The first kappa shape index (κ1) is 44.7. The summed E-state index contributed by atoms with van der Waals surface area (Å²) < 4.78 is 0. The zero-order valence-corrected chi connectivity index (χ0v) is 40.1. The van der Waals surface area contributed by atoms with Gasteiger partial charge in [0.2, 0.25) is 0 Å². The van der Waals surface area contributed by atoms with Crippen LogP contribution in [0.4, 0.5) is 0 Å². The van der Waals surface area contributed by atoms with Crippen LogP contribution in [0.5, 0.6) is 0 Å². The standard InChI is InChI=1S/C65H44N3.Ir/c1-5-17-48(18-6-1)49-32-34-50(35-33-49)61-42-65(53-23-11-4-12-24-53)68-45-62(61)60-28-16-15-27-59(60)56-40-47(30-29-46-31-37-63(66-43-46)51-19-7-2-8-20-51)39-55(41-56)58-26-14-13-25-57(58)54-36-38-64(67-44-54)52-21-9-3-10-22-52;/h1-19,21,23,25-28,31-45H,29-30H2;/q-3;+3. The summed E-state index contributed by atoms with van der Waals surface area (Å²) >= 11 is 0. The number of benzene rings is 8. The molecule has 0 bridgehead atoms. The predicted molar refractivity (Wildman–Crippen MR) is 279 cm³/mol. The van der Waals surface area contributed by atoms with Crippen LogP contribution >= 0.6 is 0 Å². The maximum atomic E-state index is 5.11. The van der Waals surface area contributed by atoms with E-state index in [4.69, 9.17) is 15.0 Å². The molecule has 0 saturated carbocycles. The van der Waals surface area contributed by atoms with Gasteiger partial charge in [-0.25, -0.2) is 0 Å².